The summed E-state index contributed by atoms with van der Waals surface area (Å²) in [4.78, 5) is 54.5. The first-order valence-electron chi connectivity index (χ1n) is 17.4. The van der Waals surface area contributed by atoms with Crippen LogP contribution in [0.1, 0.15) is 143 Å². The van der Waals surface area contributed by atoms with Crippen LogP contribution in [0.15, 0.2) is 0 Å². The van der Waals surface area contributed by atoms with E-state index < -0.39 is 23.8 Å². The lowest BCUT2D eigenvalue weighted by molar-refractivity contribution is -0.154. The maximum Gasteiger partial charge on any atom is 0.317 e. The first-order valence-corrected chi connectivity index (χ1v) is 17.4. The average Bonchev–Trinajstić information content (AvgIpc) is 3.35. The number of hydrogen-bond donors (Lipinski definition) is 0. The number of amides is 2. The Labute approximate surface area is 249 Å². The molecule has 6 unspecified atom stereocenters. The zero-order chi connectivity index (χ0) is 29.4. The van der Waals surface area contributed by atoms with E-state index in [9.17, 15) is 19.2 Å². The smallest absolute Gasteiger partial charge is 0.317 e. The molecule has 232 valence electrons. The molecule has 0 aromatic heterocycles. The zero-order valence-electron chi connectivity index (χ0n) is 26.2. The van der Waals surface area contributed by atoms with Crippen molar-refractivity contribution in [3.05, 3.63) is 0 Å². The number of carbonyl (C=O) groups is 4. The minimum atomic E-state index is -0.430. The van der Waals surface area contributed by atoms with E-state index in [1.807, 2.05) is 0 Å². The molecular formula is C35H57NO5. The molecule has 0 N–H and O–H groups in total. The van der Waals surface area contributed by atoms with Crippen LogP contribution in [0.4, 0.5) is 0 Å². The molecule has 6 nitrogen and oxygen atoms in total. The van der Waals surface area contributed by atoms with E-state index in [0.29, 0.717) is 37.1 Å². The molecule has 0 bridgehead atoms. The van der Waals surface area contributed by atoms with E-state index in [0.717, 1.165) is 38.5 Å². The zero-order valence-corrected chi connectivity index (χ0v) is 26.2. The Morgan fingerprint density at radius 1 is 0.683 bits per heavy atom. The van der Waals surface area contributed by atoms with Crippen LogP contribution in [0.2, 0.25) is 0 Å². The number of likely N-dealkylation sites (tertiary alicyclic amines) is 1. The molecule has 2 heterocycles. The van der Waals surface area contributed by atoms with E-state index in [-0.39, 0.29) is 29.6 Å². The van der Waals surface area contributed by atoms with Gasteiger partial charge in [0.05, 0.1) is 23.7 Å². The second kappa shape index (κ2) is 15.7. The number of hydrogen-bond acceptors (Lipinski definition) is 5. The Bertz CT molecular complexity index is 889. The molecule has 2 saturated heterocycles. The summed E-state index contributed by atoms with van der Waals surface area (Å²) in [6.07, 6.45) is 21.0. The molecule has 4 aliphatic rings. The summed E-state index contributed by atoms with van der Waals surface area (Å²) in [7, 11) is 0. The molecule has 6 heteroatoms. The molecule has 4 rings (SSSR count). The number of esters is 2. The Hall–Kier alpha value is -1.72. The largest absolute Gasteiger partial charge is 0.393 e. The van der Waals surface area contributed by atoms with Crippen LogP contribution in [0.3, 0.4) is 0 Å². The number of ether oxygens (including phenoxy) is 1. The molecule has 0 spiro atoms. The van der Waals surface area contributed by atoms with Crippen molar-refractivity contribution < 1.29 is 23.9 Å². The second-order valence-electron chi connectivity index (χ2n) is 14.2. The number of nitrogens with zero attached hydrogens (tertiary/aromatic N) is 1. The summed E-state index contributed by atoms with van der Waals surface area (Å²) < 4.78 is 5.01. The van der Waals surface area contributed by atoms with Gasteiger partial charge in [-0.1, -0.05) is 117 Å². The van der Waals surface area contributed by atoms with Gasteiger partial charge in [-0.05, 0) is 49.4 Å². The number of cyclic esters (lactones) is 2. The van der Waals surface area contributed by atoms with E-state index in [2.05, 4.69) is 13.8 Å². The van der Waals surface area contributed by atoms with Gasteiger partial charge in [0.2, 0.25) is 11.8 Å². The molecular weight excluding hydrogens is 514 g/mol. The lowest BCUT2D eigenvalue weighted by atomic mass is 9.68. The van der Waals surface area contributed by atoms with Gasteiger partial charge in [0.25, 0.3) is 0 Å². The molecule has 2 aliphatic carbocycles. The summed E-state index contributed by atoms with van der Waals surface area (Å²) >= 11 is 0. The minimum absolute atomic E-state index is 0.0309. The summed E-state index contributed by atoms with van der Waals surface area (Å²) in [6, 6.07) is 0. The van der Waals surface area contributed by atoms with Gasteiger partial charge in [0.15, 0.2) is 0 Å². The lowest BCUT2D eigenvalue weighted by Crippen LogP contribution is -2.33. The fraction of sp³-hybridized carbons (Fsp3) is 0.886. The van der Waals surface area contributed by atoms with E-state index in [1.54, 1.807) is 11.8 Å². The number of unbranched alkanes of at least 4 members (excludes halogenated alkanes) is 5. The van der Waals surface area contributed by atoms with Crippen molar-refractivity contribution in [2.24, 2.45) is 47.3 Å². The SMILES string of the molecule is CCCCCCCCN1C(=O)C(CC(C)C2CCCCC2)C(CC(CC2C(=O)OC(=O)C2C)C2CCCCC2)C1=O. The van der Waals surface area contributed by atoms with Crippen LogP contribution in [0.25, 0.3) is 0 Å². The molecule has 2 saturated carbocycles. The standard InChI is InChI=1S/C35H57NO5/c1-4-5-6-7-8-15-20-36-32(37)30(21-24(2)26-16-11-9-12-17-26)31(33(36)38)23-28(27-18-13-10-14-19-27)22-29-25(3)34(39)41-35(29)40/h24-31H,4-23H2,1-3H3. The molecule has 2 amide bonds. The van der Waals surface area contributed by atoms with Crippen LogP contribution in [-0.2, 0) is 23.9 Å². The van der Waals surface area contributed by atoms with Crippen molar-refractivity contribution in [3.8, 4) is 0 Å². The predicted octanol–water partition coefficient (Wildman–Crippen LogP) is 7.87. The number of carbonyl (C=O) groups excluding carboxylic acids is 4. The van der Waals surface area contributed by atoms with Gasteiger partial charge in [0, 0.05) is 6.54 Å². The summed E-state index contributed by atoms with van der Waals surface area (Å²) in [6.45, 7) is 6.87. The Balaban J connectivity index is 1.51. The number of rotatable bonds is 15. The molecule has 6 atom stereocenters. The molecule has 0 aromatic carbocycles. The third kappa shape index (κ3) is 8.22. The molecule has 41 heavy (non-hydrogen) atoms. The highest BCUT2D eigenvalue weighted by Gasteiger charge is 2.50. The minimum Gasteiger partial charge on any atom is -0.393 e. The van der Waals surface area contributed by atoms with Crippen molar-refractivity contribution in [2.45, 2.75) is 143 Å². The van der Waals surface area contributed by atoms with Crippen molar-refractivity contribution >= 4 is 23.8 Å². The fourth-order valence-corrected chi connectivity index (χ4v) is 8.63. The lowest BCUT2D eigenvalue weighted by Gasteiger charge is -2.34. The second-order valence-corrected chi connectivity index (χ2v) is 14.2. The monoisotopic (exact) mass is 571 g/mol. The Morgan fingerprint density at radius 2 is 1.22 bits per heavy atom. The quantitative estimate of drug-likeness (QED) is 0.0865. The Morgan fingerprint density at radius 3 is 1.80 bits per heavy atom. The summed E-state index contributed by atoms with van der Waals surface area (Å²) in [5.41, 5.74) is 0. The van der Waals surface area contributed by atoms with Gasteiger partial charge in [0.1, 0.15) is 0 Å². The summed E-state index contributed by atoms with van der Waals surface area (Å²) in [5, 5.41) is 0. The van der Waals surface area contributed by atoms with E-state index in [1.165, 1.54) is 70.6 Å². The fourth-order valence-electron chi connectivity index (χ4n) is 8.63. The topological polar surface area (TPSA) is 80.8 Å². The van der Waals surface area contributed by atoms with Crippen LogP contribution in [0, 0.1) is 47.3 Å². The predicted molar refractivity (Wildman–Crippen MR) is 160 cm³/mol. The first kappa shape index (κ1) is 32.2. The highest BCUT2D eigenvalue weighted by atomic mass is 16.6. The third-order valence-corrected chi connectivity index (χ3v) is 11.4. The maximum atomic E-state index is 14.0. The van der Waals surface area contributed by atoms with Crippen molar-refractivity contribution in [1.82, 2.24) is 4.90 Å². The number of imide groups is 1. The molecule has 0 radical (unpaired) electrons. The van der Waals surface area contributed by atoms with Gasteiger partial charge in [-0.2, -0.15) is 0 Å². The van der Waals surface area contributed by atoms with Crippen LogP contribution < -0.4 is 0 Å². The highest BCUT2D eigenvalue weighted by molar-refractivity contribution is 6.05. The van der Waals surface area contributed by atoms with E-state index >= 15 is 0 Å². The van der Waals surface area contributed by atoms with Crippen molar-refractivity contribution in [3.63, 3.8) is 0 Å². The van der Waals surface area contributed by atoms with Crippen LogP contribution in [-0.4, -0.2) is 35.2 Å². The third-order valence-electron chi connectivity index (χ3n) is 11.4. The average molecular weight is 572 g/mol. The van der Waals surface area contributed by atoms with Gasteiger partial charge >= 0.3 is 11.9 Å². The van der Waals surface area contributed by atoms with Crippen molar-refractivity contribution in [1.29, 1.82) is 0 Å². The molecule has 2 aliphatic heterocycles. The van der Waals surface area contributed by atoms with Crippen molar-refractivity contribution in [2.75, 3.05) is 6.54 Å². The molecule has 4 fully saturated rings. The van der Waals surface area contributed by atoms with Gasteiger partial charge in [-0.25, -0.2) is 0 Å². The normalized spacial score (nSPS) is 29.8. The highest BCUT2D eigenvalue weighted by Crippen LogP contribution is 2.45. The van der Waals surface area contributed by atoms with Crippen LogP contribution >= 0.6 is 0 Å². The van der Waals surface area contributed by atoms with Gasteiger partial charge in [-0.3, -0.25) is 24.1 Å². The Kier molecular flexibility index (Phi) is 12.3. The first-order chi connectivity index (χ1) is 19.8. The maximum absolute atomic E-state index is 14.0. The summed E-state index contributed by atoms with van der Waals surface area (Å²) in [5.74, 6) is -0.464. The van der Waals surface area contributed by atoms with Crippen LogP contribution in [0.5, 0.6) is 0 Å². The van der Waals surface area contributed by atoms with E-state index in [4.69, 9.17) is 4.74 Å². The van der Waals surface area contributed by atoms with Gasteiger partial charge < -0.3 is 4.74 Å². The molecule has 0 aromatic rings. The van der Waals surface area contributed by atoms with Gasteiger partial charge in [-0.15, -0.1) is 0 Å².